The highest BCUT2D eigenvalue weighted by atomic mass is 32.2. The zero-order valence-electron chi connectivity index (χ0n) is 11.4. The van der Waals surface area contributed by atoms with Crippen LogP contribution >= 0.6 is 11.3 Å². The van der Waals surface area contributed by atoms with Gasteiger partial charge in [-0.3, -0.25) is 4.72 Å². The molecule has 22 heavy (non-hydrogen) atoms. The molecule has 114 valence electrons. The molecule has 0 amide bonds. The van der Waals surface area contributed by atoms with Crippen LogP contribution in [0.25, 0.3) is 0 Å². The van der Waals surface area contributed by atoms with E-state index in [2.05, 4.69) is 15.4 Å². The lowest BCUT2D eigenvalue weighted by atomic mass is 10.2. The standard InChI is InChI=1S/C14H11NO5S2/c1-3-10-8-11(13(21-10)20-14(16)17)15-22(18,19)12-7-5-4-6-9(12)2/h1,4-8,15H,2H3,(H,16,17). The van der Waals surface area contributed by atoms with Crippen LogP contribution in [0.5, 0.6) is 5.06 Å². The van der Waals surface area contributed by atoms with Crippen molar-refractivity contribution in [2.75, 3.05) is 4.72 Å². The van der Waals surface area contributed by atoms with Crippen molar-refractivity contribution < 1.29 is 23.1 Å². The molecule has 2 N–H and O–H groups in total. The van der Waals surface area contributed by atoms with Crippen molar-refractivity contribution in [3.63, 3.8) is 0 Å². The van der Waals surface area contributed by atoms with Gasteiger partial charge in [0.15, 0.2) is 0 Å². The molecule has 1 heterocycles. The molecule has 0 bridgehead atoms. The molecule has 0 saturated heterocycles. The third kappa shape index (κ3) is 3.39. The van der Waals surface area contributed by atoms with Gasteiger partial charge in [0.05, 0.1) is 9.77 Å². The monoisotopic (exact) mass is 337 g/mol. The maximum Gasteiger partial charge on any atom is 0.512 e. The maximum atomic E-state index is 12.4. The van der Waals surface area contributed by atoms with E-state index >= 15 is 0 Å². The van der Waals surface area contributed by atoms with Gasteiger partial charge >= 0.3 is 6.16 Å². The van der Waals surface area contributed by atoms with Crippen LogP contribution in [0, 0.1) is 19.3 Å². The molecule has 0 aliphatic rings. The van der Waals surface area contributed by atoms with Crippen LogP contribution in [0.2, 0.25) is 0 Å². The number of anilines is 1. The number of carbonyl (C=O) groups is 1. The Balaban J connectivity index is 2.42. The van der Waals surface area contributed by atoms with Gasteiger partial charge in [-0.1, -0.05) is 35.5 Å². The number of hydrogen-bond donors (Lipinski definition) is 2. The summed E-state index contributed by atoms with van der Waals surface area (Å²) in [6.45, 7) is 1.66. The molecule has 0 unspecified atom stereocenters. The van der Waals surface area contributed by atoms with E-state index in [1.54, 1.807) is 25.1 Å². The molecule has 0 atom stereocenters. The van der Waals surface area contributed by atoms with Gasteiger partial charge in [-0.2, -0.15) is 0 Å². The molecule has 0 spiro atoms. The second kappa shape index (κ2) is 6.09. The highest BCUT2D eigenvalue weighted by molar-refractivity contribution is 7.92. The van der Waals surface area contributed by atoms with Crippen molar-refractivity contribution in [3.05, 3.63) is 40.8 Å². The summed E-state index contributed by atoms with van der Waals surface area (Å²) in [5.74, 6) is 2.31. The maximum absolute atomic E-state index is 12.4. The minimum absolute atomic E-state index is 0.0106. The molecule has 0 saturated carbocycles. The van der Waals surface area contributed by atoms with Crippen LogP contribution in [0.3, 0.4) is 0 Å². The number of aryl methyl sites for hydroxylation is 1. The summed E-state index contributed by atoms with van der Waals surface area (Å²) in [6, 6.07) is 7.76. The molecule has 0 radical (unpaired) electrons. The van der Waals surface area contributed by atoms with Gasteiger partial charge in [-0.25, -0.2) is 13.2 Å². The van der Waals surface area contributed by atoms with E-state index in [9.17, 15) is 13.2 Å². The second-order valence-corrected chi connectivity index (χ2v) is 6.86. The lowest BCUT2D eigenvalue weighted by Crippen LogP contribution is -2.15. The van der Waals surface area contributed by atoms with E-state index in [1.807, 2.05) is 0 Å². The van der Waals surface area contributed by atoms with Crippen LogP contribution in [-0.2, 0) is 10.0 Å². The van der Waals surface area contributed by atoms with E-state index in [4.69, 9.17) is 11.5 Å². The zero-order valence-corrected chi connectivity index (χ0v) is 13.0. The molecule has 2 aromatic rings. The molecular weight excluding hydrogens is 326 g/mol. The van der Waals surface area contributed by atoms with E-state index in [1.165, 1.54) is 12.1 Å². The van der Waals surface area contributed by atoms with Crippen molar-refractivity contribution in [1.82, 2.24) is 0 Å². The minimum Gasteiger partial charge on any atom is -0.449 e. The van der Waals surface area contributed by atoms with E-state index in [-0.39, 0.29) is 15.6 Å². The third-order valence-corrected chi connectivity index (χ3v) is 5.12. The normalized spacial score (nSPS) is 10.7. The quantitative estimate of drug-likeness (QED) is 0.661. The predicted octanol–water partition coefficient (Wildman–Crippen LogP) is 2.90. The molecular formula is C14H11NO5S2. The minimum atomic E-state index is -3.88. The first-order valence-corrected chi connectivity index (χ1v) is 8.23. The third-order valence-electron chi connectivity index (χ3n) is 2.65. The summed E-state index contributed by atoms with van der Waals surface area (Å²) in [5, 5.41) is 8.56. The van der Waals surface area contributed by atoms with Gasteiger partial charge in [-0.15, -0.1) is 6.42 Å². The number of benzene rings is 1. The molecule has 6 nitrogen and oxygen atoms in total. The number of sulfonamides is 1. The summed E-state index contributed by atoms with van der Waals surface area (Å²) in [6.07, 6.45) is 3.69. The molecule has 0 fully saturated rings. The Bertz CT molecular complexity index is 862. The first kappa shape index (κ1) is 15.9. The van der Waals surface area contributed by atoms with Crippen molar-refractivity contribution in [1.29, 1.82) is 0 Å². The van der Waals surface area contributed by atoms with E-state index < -0.39 is 16.2 Å². The fourth-order valence-corrected chi connectivity index (χ4v) is 3.86. The number of thiophene rings is 1. The second-order valence-electron chi connectivity index (χ2n) is 4.20. The van der Waals surface area contributed by atoms with E-state index in [0.29, 0.717) is 10.4 Å². The van der Waals surface area contributed by atoms with Crippen molar-refractivity contribution >= 4 is 33.2 Å². The van der Waals surface area contributed by atoms with Gasteiger partial charge < -0.3 is 9.84 Å². The average molecular weight is 337 g/mol. The topological polar surface area (TPSA) is 92.7 Å². The fraction of sp³-hybridized carbons (Fsp3) is 0.0714. The van der Waals surface area contributed by atoms with Crippen molar-refractivity contribution in [2.45, 2.75) is 11.8 Å². The predicted molar refractivity (Wildman–Crippen MR) is 82.9 cm³/mol. The van der Waals surface area contributed by atoms with Crippen LogP contribution in [0.1, 0.15) is 10.4 Å². The first-order chi connectivity index (χ1) is 10.3. The van der Waals surface area contributed by atoms with Gasteiger partial charge in [0, 0.05) is 0 Å². The average Bonchev–Trinajstić information content (AvgIpc) is 2.79. The summed E-state index contributed by atoms with van der Waals surface area (Å²) in [7, 11) is -3.88. The van der Waals surface area contributed by atoms with Crippen LogP contribution in [0.15, 0.2) is 35.2 Å². The Labute approximate surface area is 131 Å². The first-order valence-electron chi connectivity index (χ1n) is 5.93. The Hall–Kier alpha value is -2.50. The number of nitrogens with one attached hydrogen (secondary N) is 1. The smallest absolute Gasteiger partial charge is 0.449 e. The Morgan fingerprint density at radius 3 is 2.68 bits per heavy atom. The highest BCUT2D eigenvalue weighted by Gasteiger charge is 2.21. The zero-order chi connectivity index (χ0) is 16.3. The lowest BCUT2D eigenvalue weighted by molar-refractivity contribution is 0.146. The van der Waals surface area contributed by atoms with Gasteiger partial charge in [0.1, 0.15) is 5.69 Å². The van der Waals surface area contributed by atoms with Crippen LogP contribution in [0.4, 0.5) is 10.5 Å². The van der Waals surface area contributed by atoms with Gasteiger partial charge in [-0.05, 0) is 24.6 Å². The Morgan fingerprint density at radius 2 is 2.09 bits per heavy atom. The summed E-state index contributed by atoms with van der Waals surface area (Å²) in [5.41, 5.74) is 0.548. The lowest BCUT2D eigenvalue weighted by Gasteiger charge is -2.09. The van der Waals surface area contributed by atoms with Gasteiger partial charge in [0.2, 0.25) is 5.06 Å². The van der Waals surface area contributed by atoms with Crippen LogP contribution in [-0.4, -0.2) is 19.7 Å². The SMILES string of the molecule is C#Cc1cc(NS(=O)(=O)c2ccccc2C)c(OC(=O)O)s1. The molecule has 8 heteroatoms. The van der Waals surface area contributed by atoms with Crippen molar-refractivity contribution in [2.24, 2.45) is 0 Å². The molecule has 0 aliphatic carbocycles. The number of carboxylic acid groups (broad SMARTS) is 1. The number of terminal acetylenes is 1. The largest absolute Gasteiger partial charge is 0.512 e. The molecule has 1 aromatic heterocycles. The molecule has 0 aliphatic heterocycles. The molecule has 2 rings (SSSR count). The van der Waals surface area contributed by atoms with Crippen molar-refractivity contribution in [3.8, 4) is 17.4 Å². The number of rotatable bonds is 4. The Kier molecular flexibility index (Phi) is 4.40. The van der Waals surface area contributed by atoms with Crippen LogP contribution < -0.4 is 9.46 Å². The summed E-state index contributed by atoms with van der Waals surface area (Å²) in [4.78, 5) is 11.1. The number of hydrogen-bond acceptors (Lipinski definition) is 5. The summed E-state index contributed by atoms with van der Waals surface area (Å²) >= 11 is 0.862. The molecule has 1 aromatic carbocycles. The number of ether oxygens (including phenoxy) is 1. The highest BCUT2D eigenvalue weighted by Crippen LogP contribution is 2.36. The Morgan fingerprint density at radius 1 is 1.41 bits per heavy atom. The summed E-state index contributed by atoms with van der Waals surface area (Å²) < 4.78 is 31.6. The van der Waals surface area contributed by atoms with E-state index in [0.717, 1.165) is 11.3 Å². The van der Waals surface area contributed by atoms with Gasteiger partial charge in [0.25, 0.3) is 10.0 Å². The fourth-order valence-electron chi connectivity index (χ4n) is 1.73.